The predicted octanol–water partition coefficient (Wildman–Crippen LogP) is 12.8. The number of fused-ring (bicyclic) bond motifs is 6. The highest BCUT2D eigenvalue weighted by molar-refractivity contribution is 6.12. The second kappa shape index (κ2) is 12.0. The Balaban J connectivity index is 1.08. The molecule has 0 aliphatic rings. The van der Waals surface area contributed by atoms with Crippen LogP contribution in [-0.2, 0) is 0 Å². The van der Waals surface area contributed by atoms with E-state index in [1.54, 1.807) is 0 Å². The third kappa shape index (κ3) is 4.81. The van der Waals surface area contributed by atoms with Gasteiger partial charge in [0, 0.05) is 32.9 Å². The van der Waals surface area contributed by atoms with E-state index >= 15 is 0 Å². The van der Waals surface area contributed by atoms with Crippen molar-refractivity contribution in [2.75, 3.05) is 0 Å². The van der Waals surface area contributed by atoms with Gasteiger partial charge in [-0.1, -0.05) is 121 Å². The zero-order valence-electron chi connectivity index (χ0n) is 28.2. The highest BCUT2D eigenvalue weighted by Gasteiger charge is 2.16. The number of nitrogens with zero attached hydrogens (tertiary/aromatic N) is 3. The molecule has 0 atom stereocenters. The molecule has 0 radical (unpaired) electrons. The van der Waals surface area contributed by atoms with E-state index in [0.717, 1.165) is 22.4 Å². The summed E-state index contributed by atoms with van der Waals surface area (Å²) in [6.07, 6.45) is 0. The summed E-state index contributed by atoms with van der Waals surface area (Å²) in [5, 5.41) is 14.4. The third-order valence-corrected chi connectivity index (χ3v) is 10.3. The van der Waals surface area contributed by atoms with Crippen LogP contribution >= 0.6 is 0 Å². The SMILES string of the molecule is N#Cc1cccc(-n2c3ccccc3c3cc(-c4ccc5c(c4)c4ccccc4n5-c4cccc(-c5ccc(-c6ccccc6)cc5)c4)ccc32)c1. The van der Waals surface area contributed by atoms with E-state index in [0.29, 0.717) is 5.56 Å². The molecule has 10 rings (SSSR count). The number of hydrogen-bond acceptors (Lipinski definition) is 1. The molecular formula is C49H31N3. The molecule has 52 heavy (non-hydrogen) atoms. The summed E-state index contributed by atoms with van der Waals surface area (Å²) in [5.74, 6) is 0. The van der Waals surface area contributed by atoms with Crippen molar-refractivity contribution in [1.82, 2.24) is 9.13 Å². The molecule has 242 valence electrons. The molecule has 0 aliphatic carbocycles. The Morgan fingerprint density at radius 1 is 0.308 bits per heavy atom. The van der Waals surface area contributed by atoms with Crippen LogP contribution in [0.5, 0.6) is 0 Å². The Hall–Kier alpha value is -7.15. The average molecular weight is 662 g/mol. The molecule has 0 saturated carbocycles. The van der Waals surface area contributed by atoms with Crippen molar-refractivity contribution in [3.8, 4) is 50.8 Å². The van der Waals surface area contributed by atoms with Crippen LogP contribution < -0.4 is 0 Å². The Morgan fingerprint density at radius 3 is 1.33 bits per heavy atom. The molecule has 10 aromatic rings. The number of para-hydroxylation sites is 2. The van der Waals surface area contributed by atoms with Crippen LogP contribution in [0, 0.1) is 11.3 Å². The van der Waals surface area contributed by atoms with Crippen molar-refractivity contribution < 1.29 is 0 Å². The van der Waals surface area contributed by atoms with Gasteiger partial charge < -0.3 is 9.13 Å². The van der Waals surface area contributed by atoms with Gasteiger partial charge in [-0.05, 0) is 100 Å². The normalized spacial score (nSPS) is 11.4. The number of benzene rings is 8. The van der Waals surface area contributed by atoms with E-state index in [1.165, 1.54) is 66.0 Å². The minimum Gasteiger partial charge on any atom is -0.309 e. The summed E-state index contributed by atoms with van der Waals surface area (Å²) in [5.41, 5.74) is 14.5. The highest BCUT2D eigenvalue weighted by atomic mass is 15.0. The fraction of sp³-hybridized carbons (Fsp3) is 0. The fourth-order valence-electron chi connectivity index (χ4n) is 7.89. The van der Waals surface area contributed by atoms with E-state index in [2.05, 4.69) is 185 Å². The number of aromatic nitrogens is 2. The molecule has 0 N–H and O–H groups in total. The molecule has 0 saturated heterocycles. The van der Waals surface area contributed by atoms with Gasteiger partial charge in [0.2, 0.25) is 0 Å². The summed E-state index contributed by atoms with van der Waals surface area (Å²) in [6.45, 7) is 0. The topological polar surface area (TPSA) is 33.6 Å². The molecule has 0 amide bonds. The first kappa shape index (κ1) is 29.7. The van der Waals surface area contributed by atoms with Gasteiger partial charge in [0.25, 0.3) is 0 Å². The predicted molar refractivity (Wildman–Crippen MR) is 216 cm³/mol. The fourth-order valence-corrected chi connectivity index (χ4v) is 7.89. The quantitative estimate of drug-likeness (QED) is 0.181. The van der Waals surface area contributed by atoms with Crippen LogP contribution in [0.15, 0.2) is 188 Å². The van der Waals surface area contributed by atoms with Gasteiger partial charge in [0.05, 0.1) is 33.7 Å². The Morgan fingerprint density at radius 2 is 0.731 bits per heavy atom. The number of hydrogen-bond donors (Lipinski definition) is 0. The van der Waals surface area contributed by atoms with Crippen molar-refractivity contribution in [3.63, 3.8) is 0 Å². The van der Waals surface area contributed by atoms with Crippen LogP contribution in [0.2, 0.25) is 0 Å². The van der Waals surface area contributed by atoms with Gasteiger partial charge in [-0.15, -0.1) is 0 Å². The first-order valence-electron chi connectivity index (χ1n) is 17.6. The van der Waals surface area contributed by atoms with Crippen molar-refractivity contribution in [2.24, 2.45) is 0 Å². The lowest BCUT2D eigenvalue weighted by molar-refractivity contribution is 1.18. The lowest BCUT2D eigenvalue weighted by Crippen LogP contribution is -1.94. The summed E-state index contributed by atoms with van der Waals surface area (Å²) in [6, 6.07) is 69.2. The van der Waals surface area contributed by atoms with Crippen molar-refractivity contribution >= 4 is 43.6 Å². The van der Waals surface area contributed by atoms with Gasteiger partial charge in [-0.3, -0.25) is 0 Å². The average Bonchev–Trinajstić information content (AvgIpc) is 3.73. The molecule has 0 fully saturated rings. The van der Waals surface area contributed by atoms with Crippen LogP contribution in [0.1, 0.15) is 5.56 Å². The van der Waals surface area contributed by atoms with Crippen molar-refractivity contribution in [1.29, 1.82) is 5.26 Å². The molecule has 3 nitrogen and oxygen atoms in total. The van der Waals surface area contributed by atoms with E-state index in [9.17, 15) is 5.26 Å². The number of rotatable bonds is 5. The summed E-state index contributed by atoms with van der Waals surface area (Å²) in [4.78, 5) is 0. The van der Waals surface area contributed by atoms with E-state index in [1.807, 2.05) is 18.2 Å². The van der Waals surface area contributed by atoms with Crippen molar-refractivity contribution in [3.05, 3.63) is 194 Å². The molecule has 0 aliphatic heterocycles. The zero-order chi connectivity index (χ0) is 34.6. The lowest BCUT2D eigenvalue weighted by atomic mass is 10.00. The Kier molecular flexibility index (Phi) is 6.87. The Bertz CT molecular complexity index is 3010. The van der Waals surface area contributed by atoms with Crippen LogP contribution in [-0.4, -0.2) is 9.13 Å². The molecule has 0 spiro atoms. The summed E-state index contributed by atoms with van der Waals surface area (Å²) >= 11 is 0. The van der Waals surface area contributed by atoms with Gasteiger partial charge in [0.1, 0.15) is 0 Å². The Labute approximate surface area is 301 Å². The molecular weight excluding hydrogens is 631 g/mol. The monoisotopic (exact) mass is 661 g/mol. The van der Waals surface area contributed by atoms with Gasteiger partial charge in [0.15, 0.2) is 0 Å². The summed E-state index contributed by atoms with van der Waals surface area (Å²) in [7, 11) is 0. The van der Waals surface area contributed by atoms with Crippen molar-refractivity contribution in [2.45, 2.75) is 0 Å². The highest BCUT2D eigenvalue weighted by Crippen LogP contribution is 2.39. The minimum atomic E-state index is 0.650. The second-order valence-electron chi connectivity index (χ2n) is 13.3. The largest absolute Gasteiger partial charge is 0.309 e. The van der Waals surface area contributed by atoms with Gasteiger partial charge >= 0.3 is 0 Å². The smallest absolute Gasteiger partial charge is 0.0992 e. The molecule has 3 heteroatoms. The van der Waals surface area contributed by atoms with Crippen LogP contribution in [0.4, 0.5) is 0 Å². The third-order valence-electron chi connectivity index (χ3n) is 10.3. The van der Waals surface area contributed by atoms with Crippen LogP contribution in [0.25, 0.3) is 88.4 Å². The molecule has 8 aromatic carbocycles. The molecule has 2 aromatic heterocycles. The maximum Gasteiger partial charge on any atom is 0.0992 e. The maximum atomic E-state index is 9.60. The maximum absolute atomic E-state index is 9.60. The van der Waals surface area contributed by atoms with Gasteiger partial charge in [-0.25, -0.2) is 0 Å². The molecule has 0 bridgehead atoms. The lowest BCUT2D eigenvalue weighted by Gasteiger charge is -2.11. The minimum absolute atomic E-state index is 0.650. The van der Waals surface area contributed by atoms with Crippen LogP contribution in [0.3, 0.4) is 0 Å². The second-order valence-corrected chi connectivity index (χ2v) is 13.3. The first-order valence-corrected chi connectivity index (χ1v) is 17.6. The van der Waals surface area contributed by atoms with E-state index in [4.69, 9.17) is 0 Å². The van der Waals surface area contributed by atoms with E-state index in [-0.39, 0.29) is 0 Å². The first-order chi connectivity index (χ1) is 25.7. The molecule has 2 heterocycles. The van der Waals surface area contributed by atoms with E-state index < -0.39 is 0 Å². The zero-order valence-corrected chi connectivity index (χ0v) is 28.2. The van der Waals surface area contributed by atoms with Gasteiger partial charge in [-0.2, -0.15) is 5.26 Å². The molecule has 0 unspecified atom stereocenters. The standard InChI is InChI=1S/C49H31N3/c50-32-33-10-8-14-40(28-33)51-46-18-6-4-16-42(46)44-30-38(24-26-48(44)51)39-25-27-49-45(31-39)43-17-5-7-19-47(43)52(49)41-15-9-13-37(29-41)36-22-20-35(21-23-36)34-11-2-1-3-12-34/h1-31H. The number of nitriles is 1. The summed E-state index contributed by atoms with van der Waals surface area (Å²) < 4.78 is 4.65.